The third-order valence-electron chi connectivity index (χ3n) is 3.93. The second-order valence-corrected chi connectivity index (χ2v) is 7.42. The molecule has 2 heterocycles. The molecule has 0 fully saturated rings. The number of nitrogens with zero attached hydrogens (tertiary/aromatic N) is 2. The Morgan fingerprint density at radius 3 is 2.42 bits per heavy atom. The van der Waals surface area contributed by atoms with Crippen LogP contribution in [0.2, 0.25) is 0 Å². The molecular formula is C20H16N2O2S2. The van der Waals surface area contributed by atoms with Crippen molar-refractivity contribution in [1.29, 1.82) is 0 Å². The van der Waals surface area contributed by atoms with Crippen LogP contribution in [-0.4, -0.2) is 24.2 Å². The molecule has 0 radical (unpaired) electrons. The molecule has 0 aliphatic rings. The molecule has 0 atom stereocenters. The van der Waals surface area contributed by atoms with Crippen LogP contribution in [-0.2, 0) is 0 Å². The first-order valence-electron chi connectivity index (χ1n) is 7.97. The van der Waals surface area contributed by atoms with E-state index in [-0.39, 0.29) is 0 Å². The van der Waals surface area contributed by atoms with E-state index in [0.717, 1.165) is 43.2 Å². The fraction of sp³-hybridized carbons (Fsp3) is 0.100. The molecule has 0 spiro atoms. The summed E-state index contributed by atoms with van der Waals surface area (Å²) >= 11 is 3.24. The lowest BCUT2D eigenvalue weighted by Gasteiger charge is -2.01. The molecule has 0 amide bonds. The number of hydrogen-bond donors (Lipinski definition) is 0. The second kappa shape index (κ2) is 7.27. The summed E-state index contributed by atoms with van der Waals surface area (Å²) in [6.45, 7) is 0. The van der Waals surface area contributed by atoms with E-state index in [4.69, 9.17) is 14.5 Å². The molecule has 2 aromatic carbocycles. The minimum absolute atomic E-state index is 0.840. The summed E-state index contributed by atoms with van der Waals surface area (Å²) in [7, 11) is 3.34. The van der Waals surface area contributed by atoms with E-state index in [1.165, 1.54) is 0 Å². The monoisotopic (exact) mass is 380 g/mol. The molecule has 0 N–H and O–H groups in total. The summed E-state index contributed by atoms with van der Waals surface area (Å²) in [6, 6.07) is 15.9. The average Bonchev–Trinajstić information content (AvgIpc) is 3.38. The standard InChI is InChI=1S/C20H16N2O2S2/c1-23-15-8-6-13(7-9-15)17-12-25-20(22-17)19-21-11-18(26-19)14-4-3-5-16(10-14)24-2/h3-12H,1-2H3. The Balaban J connectivity index is 1.60. The van der Waals surface area contributed by atoms with Crippen LogP contribution in [0, 0.1) is 0 Å². The third kappa shape index (κ3) is 3.34. The van der Waals surface area contributed by atoms with Crippen molar-refractivity contribution in [3.63, 3.8) is 0 Å². The first-order chi connectivity index (χ1) is 12.8. The van der Waals surface area contributed by atoms with Gasteiger partial charge in [0, 0.05) is 17.1 Å². The highest BCUT2D eigenvalue weighted by molar-refractivity contribution is 7.22. The van der Waals surface area contributed by atoms with Crippen LogP contribution in [0.3, 0.4) is 0 Å². The largest absolute Gasteiger partial charge is 0.497 e. The molecule has 0 aliphatic carbocycles. The highest BCUT2D eigenvalue weighted by Crippen LogP contribution is 2.36. The molecule has 4 nitrogen and oxygen atoms in total. The lowest BCUT2D eigenvalue weighted by molar-refractivity contribution is 0.415. The van der Waals surface area contributed by atoms with E-state index in [0.29, 0.717) is 0 Å². The molecular weight excluding hydrogens is 364 g/mol. The topological polar surface area (TPSA) is 44.2 Å². The van der Waals surface area contributed by atoms with Crippen LogP contribution in [0.1, 0.15) is 0 Å². The predicted molar refractivity (Wildman–Crippen MR) is 107 cm³/mol. The second-order valence-electron chi connectivity index (χ2n) is 5.53. The number of methoxy groups -OCH3 is 2. The maximum Gasteiger partial charge on any atom is 0.152 e. The van der Waals surface area contributed by atoms with Gasteiger partial charge in [0.05, 0.1) is 24.8 Å². The Morgan fingerprint density at radius 2 is 1.65 bits per heavy atom. The Bertz CT molecular complexity index is 1020. The number of rotatable bonds is 5. The number of benzene rings is 2. The van der Waals surface area contributed by atoms with Gasteiger partial charge in [-0.1, -0.05) is 12.1 Å². The van der Waals surface area contributed by atoms with Crippen molar-refractivity contribution in [1.82, 2.24) is 9.97 Å². The van der Waals surface area contributed by atoms with E-state index in [9.17, 15) is 0 Å². The number of thiazole rings is 2. The van der Waals surface area contributed by atoms with E-state index >= 15 is 0 Å². The summed E-state index contributed by atoms with van der Waals surface area (Å²) in [5.41, 5.74) is 3.11. The molecule has 2 aromatic heterocycles. The van der Waals surface area contributed by atoms with Crippen molar-refractivity contribution < 1.29 is 9.47 Å². The van der Waals surface area contributed by atoms with Gasteiger partial charge in [0.1, 0.15) is 11.5 Å². The molecule has 0 saturated heterocycles. The maximum atomic E-state index is 5.30. The summed E-state index contributed by atoms with van der Waals surface area (Å²) in [5.74, 6) is 1.68. The summed E-state index contributed by atoms with van der Waals surface area (Å²) in [6.07, 6.45) is 1.89. The minimum atomic E-state index is 0.840. The van der Waals surface area contributed by atoms with Gasteiger partial charge < -0.3 is 9.47 Å². The smallest absolute Gasteiger partial charge is 0.152 e. The average molecular weight is 380 g/mol. The van der Waals surface area contributed by atoms with E-state index in [2.05, 4.69) is 16.4 Å². The van der Waals surface area contributed by atoms with Crippen LogP contribution in [0.25, 0.3) is 31.7 Å². The Hall–Kier alpha value is -2.70. The van der Waals surface area contributed by atoms with Gasteiger partial charge >= 0.3 is 0 Å². The molecule has 4 aromatic rings. The summed E-state index contributed by atoms with van der Waals surface area (Å²) in [4.78, 5) is 10.4. The quantitative estimate of drug-likeness (QED) is 0.451. The zero-order valence-electron chi connectivity index (χ0n) is 14.3. The lowest BCUT2D eigenvalue weighted by Crippen LogP contribution is -1.83. The van der Waals surface area contributed by atoms with Crippen molar-refractivity contribution in [2.24, 2.45) is 0 Å². The fourth-order valence-corrected chi connectivity index (χ4v) is 4.33. The van der Waals surface area contributed by atoms with Crippen molar-refractivity contribution in [3.8, 4) is 43.2 Å². The predicted octanol–water partition coefficient (Wildman–Crippen LogP) is 5.62. The number of aromatic nitrogens is 2. The van der Waals surface area contributed by atoms with E-state index < -0.39 is 0 Å². The molecule has 26 heavy (non-hydrogen) atoms. The highest BCUT2D eigenvalue weighted by atomic mass is 32.1. The van der Waals surface area contributed by atoms with Crippen molar-refractivity contribution in [2.75, 3.05) is 14.2 Å². The van der Waals surface area contributed by atoms with Gasteiger partial charge in [0.15, 0.2) is 10.0 Å². The molecule has 0 saturated carbocycles. The first kappa shape index (κ1) is 16.8. The lowest BCUT2D eigenvalue weighted by atomic mass is 10.2. The van der Waals surface area contributed by atoms with E-state index in [1.54, 1.807) is 36.9 Å². The van der Waals surface area contributed by atoms with Crippen molar-refractivity contribution in [2.45, 2.75) is 0 Å². The fourth-order valence-electron chi connectivity index (χ4n) is 2.55. The SMILES string of the molecule is COc1ccc(-c2csc(-c3ncc(-c4cccc(OC)c4)s3)n2)cc1. The Kier molecular flexibility index (Phi) is 4.69. The molecule has 6 heteroatoms. The molecule has 0 aliphatic heterocycles. The van der Waals surface area contributed by atoms with Crippen LogP contribution < -0.4 is 9.47 Å². The first-order valence-corrected chi connectivity index (χ1v) is 9.67. The van der Waals surface area contributed by atoms with Crippen molar-refractivity contribution in [3.05, 3.63) is 60.1 Å². The van der Waals surface area contributed by atoms with Gasteiger partial charge in [0.2, 0.25) is 0 Å². The molecule has 130 valence electrons. The van der Waals surface area contributed by atoms with Gasteiger partial charge in [-0.3, -0.25) is 0 Å². The van der Waals surface area contributed by atoms with Crippen molar-refractivity contribution >= 4 is 22.7 Å². The van der Waals surface area contributed by atoms with Gasteiger partial charge in [-0.2, -0.15) is 0 Å². The number of hydrogen-bond acceptors (Lipinski definition) is 6. The zero-order chi connectivity index (χ0) is 17.9. The van der Waals surface area contributed by atoms with Crippen LogP contribution >= 0.6 is 22.7 Å². The zero-order valence-corrected chi connectivity index (χ0v) is 15.9. The molecule has 0 bridgehead atoms. The Labute approximate surface area is 159 Å². The molecule has 4 rings (SSSR count). The van der Waals surface area contributed by atoms with Gasteiger partial charge in [0.25, 0.3) is 0 Å². The van der Waals surface area contributed by atoms with Crippen LogP contribution in [0.5, 0.6) is 11.5 Å². The maximum absolute atomic E-state index is 5.30. The minimum Gasteiger partial charge on any atom is -0.497 e. The van der Waals surface area contributed by atoms with Gasteiger partial charge in [-0.05, 0) is 42.0 Å². The third-order valence-corrected chi connectivity index (χ3v) is 5.96. The van der Waals surface area contributed by atoms with E-state index in [1.807, 2.05) is 48.7 Å². The van der Waals surface area contributed by atoms with Crippen LogP contribution in [0.15, 0.2) is 60.1 Å². The van der Waals surface area contributed by atoms with Crippen LogP contribution in [0.4, 0.5) is 0 Å². The summed E-state index contributed by atoms with van der Waals surface area (Å²) < 4.78 is 10.5. The van der Waals surface area contributed by atoms with Gasteiger partial charge in [-0.25, -0.2) is 9.97 Å². The van der Waals surface area contributed by atoms with Gasteiger partial charge in [-0.15, -0.1) is 22.7 Å². The summed E-state index contributed by atoms with van der Waals surface area (Å²) in [5, 5.41) is 3.91. The normalized spacial score (nSPS) is 10.7. The molecule has 0 unspecified atom stereocenters. The number of ether oxygens (including phenoxy) is 2. The Morgan fingerprint density at radius 1 is 0.846 bits per heavy atom. The highest BCUT2D eigenvalue weighted by Gasteiger charge is 2.12.